The predicted molar refractivity (Wildman–Crippen MR) is 130 cm³/mol. The lowest BCUT2D eigenvalue weighted by molar-refractivity contribution is -0.119. The van der Waals surface area contributed by atoms with Crippen LogP contribution in [0.15, 0.2) is 77.7 Å². The van der Waals surface area contributed by atoms with Crippen molar-refractivity contribution in [3.8, 4) is 17.2 Å². The average Bonchev–Trinajstić information content (AvgIpc) is 2.87. The summed E-state index contributed by atoms with van der Waals surface area (Å²) < 4.78 is 44.0. The fourth-order valence-electron chi connectivity index (χ4n) is 3.27. The smallest absolute Gasteiger partial charge is 0.264 e. The SMILES string of the molecule is CCOc1ccc(CNC(=O)CN(c2ccccc2OC)S(=O)(=O)c2ccc(OC)cc2)cc1. The van der Waals surface area contributed by atoms with Gasteiger partial charge in [0, 0.05) is 6.54 Å². The largest absolute Gasteiger partial charge is 0.497 e. The third-order valence-corrected chi connectivity index (χ3v) is 6.79. The number of sulfonamides is 1. The van der Waals surface area contributed by atoms with E-state index < -0.39 is 22.5 Å². The number of amides is 1. The van der Waals surface area contributed by atoms with Crippen LogP contribution in [0.1, 0.15) is 12.5 Å². The Morgan fingerprint density at radius 1 is 0.882 bits per heavy atom. The molecule has 9 heteroatoms. The van der Waals surface area contributed by atoms with E-state index in [1.807, 2.05) is 31.2 Å². The highest BCUT2D eigenvalue weighted by molar-refractivity contribution is 7.92. The monoisotopic (exact) mass is 484 g/mol. The fraction of sp³-hybridized carbons (Fsp3) is 0.240. The van der Waals surface area contributed by atoms with Crippen molar-refractivity contribution in [1.29, 1.82) is 0 Å². The van der Waals surface area contributed by atoms with Crippen LogP contribution >= 0.6 is 0 Å². The summed E-state index contributed by atoms with van der Waals surface area (Å²) in [5, 5.41) is 2.78. The highest BCUT2D eigenvalue weighted by atomic mass is 32.2. The van der Waals surface area contributed by atoms with Crippen molar-refractivity contribution in [1.82, 2.24) is 5.32 Å². The number of methoxy groups -OCH3 is 2. The summed E-state index contributed by atoms with van der Waals surface area (Å²) in [4.78, 5) is 12.9. The Kier molecular flexibility index (Phi) is 8.37. The quantitative estimate of drug-likeness (QED) is 0.447. The van der Waals surface area contributed by atoms with Crippen LogP contribution in [0.25, 0.3) is 0 Å². The molecule has 1 amide bonds. The van der Waals surface area contributed by atoms with Gasteiger partial charge in [-0.3, -0.25) is 9.10 Å². The molecule has 0 bridgehead atoms. The first-order valence-corrected chi connectivity index (χ1v) is 12.1. The number of carbonyl (C=O) groups is 1. The Morgan fingerprint density at radius 3 is 2.15 bits per heavy atom. The zero-order chi connectivity index (χ0) is 24.6. The maximum absolute atomic E-state index is 13.5. The lowest BCUT2D eigenvalue weighted by Crippen LogP contribution is -2.40. The number of carbonyl (C=O) groups excluding carboxylic acids is 1. The number of hydrogen-bond donors (Lipinski definition) is 1. The molecule has 3 aromatic rings. The van der Waals surface area contributed by atoms with Crippen LogP contribution in [0, 0.1) is 0 Å². The molecule has 0 atom stereocenters. The number of ether oxygens (including phenoxy) is 3. The van der Waals surface area contributed by atoms with E-state index in [0.29, 0.717) is 18.1 Å². The summed E-state index contributed by atoms with van der Waals surface area (Å²) in [6, 6.07) is 20.0. The zero-order valence-electron chi connectivity index (χ0n) is 19.4. The van der Waals surface area contributed by atoms with E-state index in [1.165, 1.54) is 26.4 Å². The molecule has 0 aliphatic rings. The molecule has 0 unspecified atom stereocenters. The number of rotatable bonds is 11. The summed E-state index contributed by atoms with van der Waals surface area (Å²) in [5.41, 5.74) is 1.12. The van der Waals surface area contributed by atoms with E-state index in [1.54, 1.807) is 36.4 Å². The van der Waals surface area contributed by atoms with Gasteiger partial charge < -0.3 is 19.5 Å². The van der Waals surface area contributed by atoms with Gasteiger partial charge in [-0.1, -0.05) is 24.3 Å². The van der Waals surface area contributed by atoms with Gasteiger partial charge in [-0.05, 0) is 61.0 Å². The van der Waals surface area contributed by atoms with Crippen molar-refractivity contribution in [3.05, 3.63) is 78.4 Å². The number of nitrogens with one attached hydrogen (secondary N) is 1. The van der Waals surface area contributed by atoms with Crippen molar-refractivity contribution in [3.63, 3.8) is 0 Å². The van der Waals surface area contributed by atoms with E-state index in [0.717, 1.165) is 15.6 Å². The Bertz CT molecular complexity index is 1190. The maximum Gasteiger partial charge on any atom is 0.264 e. The van der Waals surface area contributed by atoms with Crippen LogP contribution in [0.5, 0.6) is 17.2 Å². The molecule has 34 heavy (non-hydrogen) atoms. The molecule has 0 aliphatic carbocycles. The van der Waals surface area contributed by atoms with E-state index in [-0.39, 0.29) is 17.1 Å². The Hall–Kier alpha value is -3.72. The molecule has 0 aromatic heterocycles. The molecule has 0 aliphatic heterocycles. The number of benzene rings is 3. The molecular weight excluding hydrogens is 456 g/mol. The molecule has 0 saturated carbocycles. The summed E-state index contributed by atoms with van der Waals surface area (Å²) in [6.45, 7) is 2.29. The Balaban J connectivity index is 1.84. The van der Waals surface area contributed by atoms with Crippen LogP contribution < -0.4 is 23.8 Å². The minimum absolute atomic E-state index is 0.0264. The topological polar surface area (TPSA) is 94.2 Å². The van der Waals surface area contributed by atoms with Crippen molar-refractivity contribution in [2.45, 2.75) is 18.4 Å². The second-order valence-corrected chi connectivity index (χ2v) is 9.08. The fourth-order valence-corrected chi connectivity index (χ4v) is 4.70. The molecule has 180 valence electrons. The second kappa shape index (κ2) is 11.4. The average molecular weight is 485 g/mol. The highest BCUT2D eigenvalue weighted by Gasteiger charge is 2.29. The molecule has 0 spiro atoms. The summed E-state index contributed by atoms with van der Waals surface area (Å²) in [6.07, 6.45) is 0. The van der Waals surface area contributed by atoms with E-state index in [9.17, 15) is 13.2 Å². The van der Waals surface area contributed by atoms with Crippen LogP contribution in [-0.4, -0.2) is 41.7 Å². The van der Waals surface area contributed by atoms with Gasteiger partial charge in [0.05, 0.1) is 31.4 Å². The normalized spacial score (nSPS) is 10.9. The molecule has 0 radical (unpaired) electrons. The van der Waals surface area contributed by atoms with Gasteiger partial charge in [-0.2, -0.15) is 0 Å². The first-order chi connectivity index (χ1) is 16.4. The standard InChI is InChI=1S/C25H28N2O6S/c1-4-33-21-11-9-19(10-12-21)17-26-25(28)18-27(23-7-5-6-8-24(23)32-3)34(29,30)22-15-13-20(31-2)14-16-22/h5-16H,4,17-18H2,1-3H3,(H,26,28). The molecule has 8 nitrogen and oxygen atoms in total. The lowest BCUT2D eigenvalue weighted by atomic mass is 10.2. The molecule has 0 fully saturated rings. The molecule has 1 N–H and O–H groups in total. The van der Waals surface area contributed by atoms with E-state index in [2.05, 4.69) is 5.32 Å². The second-order valence-electron chi connectivity index (χ2n) is 7.21. The van der Waals surface area contributed by atoms with Crippen molar-refractivity contribution in [2.24, 2.45) is 0 Å². The summed E-state index contributed by atoms with van der Waals surface area (Å²) in [5.74, 6) is 1.14. The highest BCUT2D eigenvalue weighted by Crippen LogP contribution is 2.32. The number of nitrogens with zero attached hydrogens (tertiary/aromatic N) is 1. The first kappa shape index (κ1) is 24.9. The van der Waals surface area contributed by atoms with Gasteiger partial charge in [0.2, 0.25) is 5.91 Å². The van der Waals surface area contributed by atoms with Crippen molar-refractivity contribution in [2.75, 3.05) is 31.7 Å². The van der Waals surface area contributed by atoms with Gasteiger partial charge in [0.25, 0.3) is 10.0 Å². The summed E-state index contributed by atoms with van der Waals surface area (Å²) in [7, 11) is -1.13. The van der Waals surface area contributed by atoms with Crippen LogP contribution in [-0.2, 0) is 21.4 Å². The Morgan fingerprint density at radius 2 is 1.53 bits per heavy atom. The third-order valence-electron chi connectivity index (χ3n) is 5.01. The minimum Gasteiger partial charge on any atom is -0.497 e. The zero-order valence-corrected chi connectivity index (χ0v) is 20.2. The van der Waals surface area contributed by atoms with Crippen LogP contribution in [0.2, 0.25) is 0 Å². The third kappa shape index (κ3) is 5.99. The van der Waals surface area contributed by atoms with Crippen LogP contribution in [0.3, 0.4) is 0 Å². The lowest BCUT2D eigenvalue weighted by Gasteiger charge is -2.25. The molecule has 0 heterocycles. The minimum atomic E-state index is -4.08. The van der Waals surface area contributed by atoms with Crippen molar-refractivity contribution < 1.29 is 27.4 Å². The van der Waals surface area contributed by atoms with Gasteiger partial charge in [0.15, 0.2) is 0 Å². The number of para-hydroxylation sites is 2. The van der Waals surface area contributed by atoms with E-state index >= 15 is 0 Å². The number of anilines is 1. The van der Waals surface area contributed by atoms with Crippen molar-refractivity contribution >= 4 is 21.6 Å². The first-order valence-electron chi connectivity index (χ1n) is 10.7. The van der Waals surface area contributed by atoms with Gasteiger partial charge >= 0.3 is 0 Å². The maximum atomic E-state index is 13.5. The Labute approximate surface area is 200 Å². The van der Waals surface area contributed by atoms with Gasteiger partial charge in [-0.15, -0.1) is 0 Å². The molecule has 3 aromatic carbocycles. The van der Waals surface area contributed by atoms with Gasteiger partial charge in [-0.25, -0.2) is 8.42 Å². The summed E-state index contributed by atoms with van der Waals surface area (Å²) >= 11 is 0. The van der Waals surface area contributed by atoms with Crippen LogP contribution in [0.4, 0.5) is 5.69 Å². The number of hydrogen-bond acceptors (Lipinski definition) is 6. The molecular formula is C25H28N2O6S. The predicted octanol–water partition coefficient (Wildman–Crippen LogP) is 3.61. The molecule has 3 rings (SSSR count). The van der Waals surface area contributed by atoms with Gasteiger partial charge in [0.1, 0.15) is 23.8 Å². The molecule has 0 saturated heterocycles. The van der Waals surface area contributed by atoms with E-state index in [4.69, 9.17) is 14.2 Å².